The molecular weight excluding hydrogens is 494 g/mol. The number of ether oxygens (including phenoxy) is 2. The summed E-state index contributed by atoms with van der Waals surface area (Å²) in [5.41, 5.74) is 2.55. The van der Waals surface area contributed by atoms with Crippen LogP contribution in [0.2, 0.25) is 0 Å². The number of carbonyl (C=O) groups is 2. The van der Waals surface area contributed by atoms with E-state index in [0.29, 0.717) is 25.5 Å². The van der Waals surface area contributed by atoms with E-state index in [1.165, 1.54) is 4.90 Å². The first-order chi connectivity index (χ1) is 18.9. The maximum atomic E-state index is 14.0. The number of fused-ring (bicyclic) bond motifs is 4. The number of imide groups is 1. The number of aromatic hydroxyl groups is 1. The van der Waals surface area contributed by atoms with E-state index >= 15 is 0 Å². The Balaban J connectivity index is 1.37. The smallest absolute Gasteiger partial charge is 0.328 e. The largest absolute Gasteiger partial charge is 0.508 e. The fourth-order valence-corrected chi connectivity index (χ4v) is 6.78. The van der Waals surface area contributed by atoms with Crippen LogP contribution < -0.4 is 4.74 Å². The number of urea groups is 1. The third-order valence-corrected chi connectivity index (χ3v) is 8.70. The maximum Gasteiger partial charge on any atom is 0.328 e. The van der Waals surface area contributed by atoms with Crippen LogP contribution in [0.15, 0.2) is 42.5 Å². The molecule has 1 unspecified atom stereocenters. The van der Waals surface area contributed by atoms with Gasteiger partial charge in [0.15, 0.2) is 0 Å². The molecule has 8 heteroatoms. The van der Waals surface area contributed by atoms with Gasteiger partial charge in [-0.15, -0.1) is 0 Å². The van der Waals surface area contributed by atoms with E-state index in [4.69, 9.17) is 9.47 Å². The molecule has 1 aromatic heterocycles. The summed E-state index contributed by atoms with van der Waals surface area (Å²) in [7, 11) is 0. The van der Waals surface area contributed by atoms with Gasteiger partial charge in [-0.25, -0.2) is 4.79 Å². The van der Waals surface area contributed by atoms with E-state index in [1.807, 2.05) is 38.1 Å². The number of nitrogens with zero attached hydrogens (tertiary/aromatic N) is 2. The van der Waals surface area contributed by atoms with Crippen LogP contribution in [-0.4, -0.2) is 63.7 Å². The van der Waals surface area contributed by atoms with Crippen molar-refractivity contribution < 1.29 is 24.2 Å². The Morgan fingerprint density at radius 1 is 1.15 bits per heavy atom. The highest BCUT2D eigenvalue weighted by molar-refractivity contribution is 6.08. The van der Waals surface area contributed by atoms with Crippen LogP contribution in [0.25, 0.3) is 10.9 Å². The summed E-state index contributed by atoms with van der Waals surface area (Å²) in [5, 5.41) is 11.3. The number of aromatic nitrogens is 1. The van der Waals surface area contributed by atoms with Crippen molar-refractivity contribution in [3.63, 3.8) is 0 Å². The van der Waals surface area contributed by atoms with Gasteiger partial charge in [0.25, 0.3) is 5.91 Å². The first kappa shape index (κ1) is 25.7. The molecule has 4 heterocycles. The lowest BCUT2D eigenvalue weighted by atomic mass is 9.81. The highest BCUT2D eigenvalue weighted by Gasteiger charge is 2.60. The summed E-state index contributed by atoms with van der Waals surface area (Å²) in [6.45, 7) is 6.43. The fourth-order valence-electron chi connectivity index (χ4n) is 6.78. The molecule has 3 amide bonds. The van der Waals surface area contributed by atoms with Gasteiger partial charge in [0.05, 0.1) is 6.61 Å². The SMILES string of the molecule is CCOc1ccc2[nH]c3c(c2c1)C[C@@]1(C)C(=O)N(CCCC2CCCOCC2)C(=O)N1[C@@H]3c1cccc(O)c1. The Hall–Kier alpha value is -3.52. The van der Waals surface area contributed by atoms with E-state index in [9.17, 15) is 14.7 Å². The van der Waals surface area contributed by atoms with Crippen LogP contribution in [0.4, 0.5) is 4.79 Å². The monoisotopic (exact) mass is 531 g/mol. The van der Waals surface area contributed by atoms with E-state index in [-0.39, 0.29) is 17.7 Å². The van der Waals surface area contributed by atoms with Gasteiger partial charge < -0.3 is 19.6 Å². The first-order valence-corrected chi connectivity index (χ1v) is 14.2. The number of hydrogen-bond donors (Lipinski definition) is 2. The molecule has 0 bridgehead atoms. The van der Waals surface area contributed by atoms with Crippen LogP contribution in [-0.2, 0) is 16.0 Å². The fraction of sp³-hybridized carbons (Fsp3) is 0.484. The zero-order valence-electron chi connectivity index (χ0n) is 22.7. The average Bonchev–Trinajstić information content (AvgIpc) is 3.19. The van der Waals surface area contributed by atoms with Crippen LogP contribution >= 0.6 is 0 Å². The molecule has 3 aliphatic heterocycles. The molecule has 3 aromatic rings. The van der Waals surface area contributed by atoms with E-state index in [1.54, 1.807) is 23.1 Å². The molecule has 2 N–H and O–H groups in total. The standard InChI is InChI=1S/C31H37N3O5/c1-3-39-23-11-12-26-24(18-23)25-19-31(2)29(36)33(14-5-7-20-8-6-15-38-16-13-20)30(37)34(31)28(27(25)32-26)21-9-4-10-22(35)17-21/h4,9-12,17-18,20,28,32,35H,3,5-8,13-16,19H2,1-2H3/t20?,28-,31+/m1/s1. The molecule has 0 saturated carbocycles. The summed E-state index contributed by atoms with van der Waals surface area (Å²) in [6, 6.07) is 12.1. The second kappa shape index (κ2) is 10.2. The number of amides is 3. The summed E-state index contributed by atoms with van der Waals surface area (Å²) in [4.78, 5) is 34.8. The molecule has 3 aliphatic rings. The van der Waals surface area contributed by atoms with Gasteiger partial charge in [0.2, 0.25) is 0 Å². The lowest BCUT2D eigenvalue weighted by molar-refractivity contribution is -0.133. The van der Waals surface area contributed by atoms with E-state index in [2.05, 4.69) is 4.98 Å². The third kappa shape index (κ3) is 4.44. The lowest BCUT2D eigenvalue weighted by Gasteiger charge is -2.42. The number of rotatable bonds is 7. The second-order valence-electron chi connectivity index (χ2n) is 11.3. The molecular formula is C31H37N3O5. The predicted octanol–water partition coefficient (Wildman–Crippen LogP) is 5.54. The molecule has 3 atom stereocenters. The predicted molar refractivity (Wildman–Crippen MR) is 148 cm³/mol. The number of hydrogen-bond acceptors (Lipinski definition) is 5. The van der Waals surface area contributed by atoms with Crippen molar-refractivity contribution in [1.82, 2.24) is 14.8 Å². The topological polar surface area (TPSA) is 95.1 Å². The number of aromatic amines is 1. The third-order valence-electron chi connectivity index (χ3n) is 8.70. The molecule has 2 aromatic carbocycles. The van der Waals surface area contributed by atoms with Gasteiger partial charge in [-0.2, -0.15) is 0 Å². The van der Waals surface area contributed by atoms with Crippen LogP contribution in [0.1, 0.15) is 68.8 Å². The minimum absolute atomic E-state index is 0.123. The molecule has 8 nitrogen and oxygen atoms in total. The van der Waals surface area contributed by atoms with Gasteiger partial charge in [0.1, 0.15) is 23.1 Å². The van der Waals surface area contributed by atoms with E-state index < -0.39 is 11.6 Å². The van der Waals surface area contributed by atoms with Crippen molar-refractivity contribution in [2.24, 2.45) is 5.92 Å². The zero-order chi connectivity index (χ0) is 27.1. The Labute approximate surface area is 228 Å². The molecule has 2 saturated heterocycles. The number of nitrogens with one attached hydrogen (secondary N) is 1. The maximum absolute atomic E-state index is 14.0. The second-order valence-corrected chi connectivity index (χ2v) is 11.3. The quantitative estimate of drug-likeness (QED) is 0.391. The lowest BCUT2D eigenvalue weighted by Crippen LogP contribution is -2.53. The molecule has 0 radical (unpaired) electrons. The summed E-state index contributed by atoms with van der Waals surface area (Å²) < 4.78 is 11.4. The molecule has 2 fully saturated rings. The minimum atomic E-state index is -1.03. The van der Waals surface area contributed by atoms with Crippen molar-refractivity contribution in [2.75, 3.05) is 26.4 Å². The van der Waals surface area contributed by atoms with Crippen molar-refractivity contribution in [2.45, 2.75) is 64.0 Å². The Bertz CT molecular complexity index is 1390. The van der Waals surface area contributed by atoms with Crippen LogP contribution in [0.3, 0.4) is 0 Å². The van der Waals surface area contributed by atoms with Crippen LogP contribution in [0.5, 0.6) is 11.5 Å². The molecule has 206 valence electrons. The molecule has 39 heavy (non-hydrogen) atoms. The Morgan fingerprint density at radius 3 is 2.85 bits per heavy atom. The Morgan fingerprint density at radius 2 is 2.03 bits per heavy atom. The summed E-state index contributed by atoms with van der Waals surface area (Å²) in [5.74, 6) is 1.32. The van der Waals surface area contributed by atoms with Crippen molar-refractivity contribution in [1.29, 1.82) is 0 Å². The first-order valence-electron chi connectivity index (χ1n) is 14.2. The normalized spacial score (nSPS) is 25.1. The minimum Gasteiger partial charge on any atom is -0.508 e. The molecule has 6 rings (SSSR count). The van der Waals surface area contributed by atoms with Gasteiger partial charge in [-0.1, -0.05) is 12.1 Å². The van der Waals surface area contributed by atoms with Crippen molar-refractivity contribution >= 4 is 22.8 Å². The molecule has 0 spiro atoms. The van der Waals surface area contributed by atoms with Gasteiger partial charge >= 0.3 is 6.03 Å². The zero-order valence-corrected chi connectivity index (χ0v) is 22.7. The average molecular weight is 532 g/mol. The van der Waals surface area contributed by atoms with Gasteiger partial charge in [-0.05, 0) is 93.3 Å². The molecule has 0 aliphatic carbocycles. The number of phenolic OH excluding ortho intramolecular Hbond substituents is 1. The number of benzene rings is 2. The van der Waals surface area contributed by atoms with Gasteiger partial charge in [0, 0.05) is 42.8 Å². The van der Waals surface area contributed by atoms with Crippen molar-refractivity contribution in [3.05, 3.63) is 59.3 Å². The van der Waals surface area contributed by atoms with Crippen molar-refractivity contribution in [3.8, 4) is 11.5 Å². The highest BCUT2D eigenvalue weighted by Crippen LogP contribution is 2.49. The van der Waals surface area contributed by atoms with Gasteiger partial charge in [-0.3, -0.25) is 14.6 Å². The summed E-state index contributed by atoms with van der Waals surface area (Å²) in [6.07, 6.45) is 5.42. The number of carbonyl (C=O) groups excluding carboxylic acids is 2. The number of H-pyrrole nitrogens is 1. The summed E-state index contributed by atoms with van der Waals surface area (Å²) >= 11 is 0. The Kier molecular flexibility index (Phi) is 6.75. The highest BCUT2D eigenvalue weighted by atomic mass is 16.5. The number of phenols is 1. The van der Waals surface area contributed by atoms with Crippen LogP contribution in [0, 0.1) is 5.92 Å². The van der Waals surface area contributed by atoms with E-state index in [0.717, 1.165) is 78.8 Å².